The largest absolute Gasteiger partial charge is 0.374 e. The van der Waals surface area contributed by atoms with Crippen LogP contribution < -0.4 is 11.1 Å². The maximum atomic E-state index is 12.1. The van der Waals surface area contributed by atoms with Gasteiger partial charge in [0.1, 0.15) is 0 Å². The molecule has 0 aliphatic carbocycles. The van der Waals surface area contributed by atoms with E-state index in [9.17, 15) is 9.59 Å². The third-order valence-electron chi connectivity index (χ3n) is 2.72. The van der Waals surface area contributed by atoms with Crippen LogP contribution >= 0.6 is 23.1 Å². The minimum absolute atomic E-state index is 0.00907. The van der Waals surface area contributed by atoms with E-state index in [1.54, 1.807) is 24.3 Å². The molecule has 22 heavy (non-hydrogen) atoms. The number of aromatic nitrogens is 2. The molecule has 0 atom stereocenters. The Bertz CT molecular complexity index is 655. The number of carbonyl (C=O) groups excluding carboxylic acids is 2. The average molecular weight is 336 g/mol. The van der Waals surface area contributed by atoms with Crippen molar-refractivity contribution in [2.75, 3.05) is 16.8 Å². The number of anilines is 2. The van der Waals surface area contributed by atoms with E-state index in [-0.39, 0.29) is 17.4 Å². The Morgan fingerprint density at radius 3 is 2.59 bits per heavy atom. The van der Waals surface area contributed by atoms with Gasteiger partial charge < -0.3 is 11.1 Å². The van der Waals surface area contributed by atoms with Crippen LogP contribution in [0.5, 0.6) is 0 Å². The van der Waals surface area contributed by atoms with Crippen LogP contribution in [-0.4, -0.2) is 27.6 Å². The Morgan fingerprint density at radius 2 is 2.00 bits per heavy atom. The van der Waals surface area contributed by atoms with E-state index in [1.165, 1.54) is 23.1 Å². The number of thioether (sulfide) groups is 1. The lowest BCUT2D eigenvalue weighted by molar-refractivity contribution is -0.116. The number of ketones is 1. The molecule has 0 unspecified atom stereocenters. The summed E-state index contributed by atoms with van der Waals surface area (Å²) in [6, 6.07) is 6.88. The fraction of sp³-hybridized carbons (Fsp3) is 0.286. The maximum absolute atomic E-state index is 12.1. The second-order valence-electron chi connectivity index (χ2n) is 4.49. The van der Waals surface area contributed by atoms with E-state index < -0.39 is 0 Å². The summed E-state index contributed by atoms with van der Waals surface area (Å²) in [5, 5.41) is 10.7. The molecule has 116 valence electrons. The first kappa shape index (κ1) is 16.4. The predicted molar refractivity (Wildman–Crippen MR) is 89.4 cm³/mol. The topological polar surface area (TPSA) is 98.0 Å². The van der Waals surface area contributed by atoms with E-state index in [2.05, 4.69) is 15.5 Å². The molecule has 1 amide bonds. The summed E-state index contributed by atoms with van der Waals surface area (Å²) in [7, 11) is 0. The molecule has 1 aromatic heterocycles. The molecule has 3 N–H and O–H groups in total. The van der Waals surface area contributed by atoms with Crippen LogP contribution in [0.15, 0.2) is 28.6 Å². The summed E-state index contributed by atoms with van der Waals surface area (Å²) in [6.07, 6.45) is 1.29. The Hall–Kier alpha value is -1.93. The minimum atomic E-state index is -0.0222. The summed E-state index contributed by atoms with van der Waals surface area (Å²) in [5.41, 5.74) is 6.78. The van der Waals surface area contributed by atoms with Crippen molar-refractivity contribution in [1.29, 1.82) is 0 Å². The molecule has 0 bridgehead atoms. The van der Waals surface area contributed by atoms with Crippen LogP contribution in [0.2, 0.25) is 0 Å². The number of nitrogens with one attached hydrogen (secondary N) is 1. The SMILES string of the molecule is CCCC(=O)Nc1ccc(C(=O)CSc2nnc(N)s2)cc1. The molecule has 2 aromatic rings. The smallest absolute Gasteiger partial charge is 0.224 e. The number of hydrogen-bond acceptors (Lipinski definition) is 7. The third kappa shape index (κ3) is 4.81. The van der Waals surface area contributed by atoms with Crippen molar-refractivity contribution in [3.8, 4) is 0 Å². The highest BCUT2D eigenvalue weighted by Gasteiger charge is 2.09. The summed E-state index contributed by atoms with van der Waals surface area (Å²) < 4.78 is 0.675. The van der Waals surface area contributed by atoms with E-state index in [1.807, 2.05) is 6.92 Å². The Kier molecular flexibility index (Phi) is 5.91. The number of hydrogen-bond donors (Lipinski definition) is 2. The normalized spacial score (nSPS) is 10.4. The number of nitrogen functional groups attached to an aromatic ring is 1. The van der Waals surface area contributed by atoms with Gasteiger partial charge in [-0.25, -0.2) is 0 Å². The molecule has 2 rings (SSSR count). The van der Waals surface area contributed by atoms with Crippen molar-refractivity contribution in [3.63, 3.8) is 0 Å². The molecule has 0 saturated carbocycles. The molecule has 0 aliphatic rings. The van der Waals surface area contributed by atoms with Crippen LogP contribution in [0.1, 0.15) is 30.1 Å². The number of amides is 1. The van der Waals surface area contributed by atoms with Crippen molar-refractivity contribution < 1.29 is 9.59 Å². The van der Waals surface area contributed by atoms with E-state index in [0.29, 0.717) is 27.1 Å². The van der Waals surface area contributed by atoms with Crippen molar-refractivity contribution in [1.82, 2.24) is 10.2 Å². The van der Waals surface area contributed by atoms with Gasteiger partial charge in [0.2, 0.25) is 11.0 Å². The van der Waals surface area contributed by atoms with Gasteiger partial charge in [-0.05, 0) is 30.7 Å². The van der Waals surface area contributed by atoms with Crippen molar-refractivity contribution in [2.45, 2.75) is 24.1 Å². The van der Waals surface area contributed by atoms with Crippen LogP contribution in [0.4, 0.5) is 10.8 Å². The monoisotopic (exact) mass is 336 g/mol. The highest BCUT2D eigenvalue weighted by Crippen LogP contribution is 2.24. The number of rotatable bonds is 7. The van der Waals surface area contributed by atoms with Crippen molar-refractivity contribution >= 4 is 45.6 Å². The molecule has 0 saturated heterocycles. The quantitative estimate of drug-likeness (QED) is 0.596. The fourth-order valence-electron chi connectivity index (χ4n) is 1.68. The first-order valence-electron chi connectivity index (χ1n) is 6.73. The van der Waals surface area contributed by atoms with Gasteiger partial charge in [-0.15, -0.1) is 10.2 Å². The zero-order valence-corrected chi connectivity index (χ0v) is 13.7. The van der Waals surface area contributed by atoms with Gasteiger partial charge >= 0.3 is 0 Å². The Balaban J connectivity index is 1.89. The first-order valence-corrected chi connectivity index (χ1v) is 8.53. The minimum Gasteiger partial charge on any atom is -0.374 e. The molecule has 1 aromatic carbocycles. The maximum Gasteiger partial charge on any atom is 0.224 e. The first-order chi connectivity index (χ1) is 10.6. The highest BCUT2D eigenvalue weighted by molar-refractivity contribution is 8.01. The predicted octanol–water partition coefficient (Wildman–Crippen LogP) is 2.83. The van der Waals surface area contributed by atoms with E-state index >= 15 is 0 Å². The zero-order valence-electron chi connectivity index (χ0n) is 12.0. The van der Waals surface area contributed by atoms with Gasteiger partial charge in [-0.1, -0.05) is 30.0 Å². The molecule has 0 aliphatic heterocycles. The van der Waals surface area contributed by atoms with E-state index in [4.69, 9.17) is 5.73 Å². The van der Waals surface area contributed by atoms with Crippen LogP contribution in [0.25, 0.3) is 0 Å². The number of Topliss-reactive ketones (excluding diaryl/α,β-unsaturated/α-hetero) is 1. The fourth-order valence-corrected chi connectivity index (χ4v) is 3.21. The number of benzene rings is 1. The summed E-state index contributed by atoms with van der Waals surface area (Å²) in [6.45, 7) is 1.95. The summed E-state index contributed by atoms with van der Waals surface area (Å²) in [4.78, 5) is 23.6. The lowest BCUT2D eigenvalue weighted by Gasteiger charge is -2.05. The molecule has 0 spiro atoms. The molecule has 6 nitrogen and oxygen atoms in total. The third-order valence-corrected chi connectivity index (χ3v) is 4.60. The number of nitrogens with zero attached hydrogens (tertiary/aromatic N) is 2. The van der Waals surface area contributed by atoms with Crippen LogP contribution in [-0.2, 0) is 4.79 Å². The second kappa shape index (κ2) is 7.90. The Morgan fingerprint density at radius 1 is 1.27 bits per heavy atom. The second-order valence-corrected chi connectivity index (χ2v) is 6.73. The summed E-state index contributed by atoms with van der Waals surface area (Å²) >= 11 is 2.57. The molecule has 1 heterocycles. The van der Waals surface area contributed by atoms with Crippen molar-refractivity contribution in [3.05, 3.63) is 29.8 Å². The van der Waals surface area contributed by atoms with Crippen LogP contribution in [0, 0.1) is 0 Å². The zero-order chi connectivity index (χ0) is 15.9. The van der Waals surface area contributed by atoms with Gasteiger partial charge in [0, 0.05) is 17.7 Å². The van der Waals surface area contributed by atoms with Gasteiger partial charge in [0.15, 0.2) is 10.1 Å². The standard InChI is InChI=1S/C14H16N4O2S2/c1-2-3-12(20)16-10-6-4-9(5-7-10)11(19)8-21-14-18-17-13(15)22-14/h4-7H,2-3,8H2,1H3,(H2,15,17)(H,16,20). The molecular formula is C14H16N4O2S2. The molecule has 0 fully saturated rings. The van der Waals surface area contributed by atoms with Crippen LogP contribution in [0.3, 0.4) is 0 Å². The number of carbonyl (C=O) groups is 2. The highest BCUT2D eigenvalue weighted by atomic mass is 32.2. The van der Waals surface area contributed by atoms with Gasteiger partial charge in [-0.3, -0.25) is 9.59 Å². The lowest BCUT2D eigenvalue weighted by atomic mass is 10.1. The molecular weight excluding hydrogens is 320 g/mol. The summed E-state index contributed by atoms with van der Waals surface area (Å²) in [5.74, 6) is 0.243. The van der Waals surface area contributed by atoms with Gasteiger partial charge in [0.05, 0.1) is 5.75 Å². The molecule has 0 radical (unpaired) electrons. The van der Waals surface area contributed by atoms with E-state index in [0.717, 1.165) is 6.42 Å². The van der Waals surface area contributed by atoms with Gasteiger partial charge in [0.25, 0.3) is 0 Å². The number of nitrogens with two attached hydrogens (primary N) is 1. The Labute approximate surface area is 136 Å². The molecule has 8 heteroatoms. The van der Waals surface area contributed by atoms with Crippen molar-refractivity contribution in [2.24, 2.45) is 0 Å². The average Bonchev–Trinajstić information content (AvgIpc) is 2.91. The van der Waals surface area contributed by atoms with Gasteiger partial charge in [-0.2, -0.15) is 0 Å². The lowest BCUT2D eigenvalue weighted by Crippen LogP contribution is -2.10.